The first-order valence-corrected chi connectivity index (χ1v) is 6.94. The van der Waals surface area contributed by atoms with Gasteiger partial charge in [-0.2, -0.15) is 0 Å². The SMILES string of the molecule is CCCN=C(N)NCCCOC(C)c1ccccc1.I. The van der Waals surface area contributed by atoms with Crippen molar-refractivity contribution in [3.63, 3.8) is 0 Å². The monoisotopic (exact) mass is 391 g/mol. The fourth-order valence-corrected chi connectivity index (χ4v) is 1.66. The molecule has 1 unspecified atom stereocenters. The van der Waals surface area contributed by atoms with Crippen molar-refractivity contribution in [1.82, 2.24) is 5.32 Å². The Hall–Kier alpha value is -0.820. The van der Waals surface area contributed by atoms with Crippen molar-refractivity contribution in [3.8, 4) is 0 Å². The molecule has 0 aromatic heterocycles. The van der Waals surface area contributed by atoms with Gasteiger partial charge >= 0.3 is 0 Å². The van der Waals surface area contributed by atoms with Crippen LogP contribution in [-0.4, -0.2) is 25.7 Å². The molecule has 114 valence electrons. The summed E-state index contributed by atoms with van der Waals surface area (Å²) in [4.78, 5) is 4.17. The smallest absolute Gasteiger partial charge is 0.188 e. The molecule has 3 N–H and O–H groups in total. The zero-order valence-electron chi connectivity index (χ0n) is 12.3. The first-order chi connectivity index (χ1) is 9.24. The molecule has 0 radical (unpaired) electrons. The molecule has 4 nitrogen and oxygen atoms in total. The van der Waals surface area contributed by atoms with E-state index < -0.39 is 0 Å². The van der Waals surface area contributed by atoms with Crippen LogP contribution in [0.5, 0.6) is 0 Å². The number of ether oxygens (including phenoxy) is 1. The van der Waals surface area contributed by atoms with Gasteiger partial charge in [-0.25, -0.2) is 0 Å². The molecule has 1 rings (SSSR count). The Morgan fingerprint density at radius 1 is 1.35 bits per heavy atom. The van der Waals surface area contributed by atoms with Gasteiger partial charge in [0.15, 0.2) is 5.96 Å². The van der Waals surface area contributed by atoms with Crippen LogP contribution < -0.4 is 11.1 Å². The minimum Gasteiger partial charge on any atom is -0.374 e. The number of guanidine groups is 1. The second kappa shape index (κ2) is 12.0. The summed E-state index contributed by atoms with van der Waals surface area (Å²) in [6, 6.07) is 10.2. The van der Waals surface area contributed by atoms with Gasteiger partial charge in [0.25, 0.3) is 0 Å². The van der Waals surface area contributed by atoms with Crippen molar-refractivity contribution in [1.29, 1.82) is 0 Å². The molecule has 0 heterocycles. The van der Waals surface area contributed by atoms with Crippen molar-refractivity contribution in [3.05, 3.63) is 35.9 Å². The number of hydrogen-bond donors (Lipinski definition) is 2. The summed E-state index contributed by atoms with van der Waals surface area (Å²) in [7, 11) is 0. The van der Waals surface area contributed by atoms with Gasteiger partial charge in [0.2, 0.25) is 0 Å². The molecular weight excluding hydrogens is 365 g/mol. The van der Waals surface area contributed by atoms with Gasteiger partial charge in [-0.1, -0.05) is 37.3 Å². The van der Waals surface area contributed by atoms with Gasteiger partial charge in [0, 0.05) is 19.7 Å². The van der Waals surface area contributed by atoms with Gasteiger partial charge < -0.3 is 15.8 Å². The maximum atomic E-state index is 5.77. The molecule has 5 heteroatoms. The maximum absolute atomic E-state index is 5.77. The molecule has 0 aliphatic rings. The summed E-state index contributed by atoms with van der Waals surface area (Å²) < 4.78 is 5.77. The normalized spacial score (nSPS) is 12.6. The van der Waals surface area contributed by atoms with Crippen LogP contribution in [0.25, 0.3) is 0 Å². The molecule has 0 saturated heterocycles. The highest BCUT2D eigenvalue weighted by molar-refractivity contribution is 14.0. The lowest BCUT2D eigenvalue weighted by atomic mass is 10.1. The molecule has 0 aliphatic heterocycles. The molecule has 20 heavy (non-hydrogen) atoms. The van der Waals surface area contributed by atoms with Gasteiger partial charge in [-0.05, 0) is 25.3 Å². The van der Waals surface area contributed by atoms with Crippen molar-refractivity contribution >= 4 is 29.9 Å². The fraction of sp³-hybridized carbons (Fsp3) is 0.533. The van der Waals surface area contributed by atoms with E-state index in [0.717, 1.165) is 25.9 Å². The third-order valence-electron chi connectivity index (χ3n) is 2.77. The second-order valence-electron chi connectivity index (χ2n) is 4.47. The zero-order chi connectivity index (χ0) is 13.9. The van der Waals surface area contributed by atoms with Gasteiger partial charge in [-0.15, -0.1) is 24.0 Å². The van der Waals surface area contributed by atoms with E-state index in [9.17, 15) is 0 Å². The lowest BCUT2D eigenvalue weighted by Gasteiger charge is -2.13. The van der Waals surface area contributed by atoms with Crippen LogP contribution in [0.3, 0.4) is 0 Å². The number of nitrogens with zero attached hydrogens (tertiary/aromatic N) is 1. The van der Waals surface area contributed by atoms with Gasteiger partial charge in [-0.3, -0.25) is 4.99 Å². The molecule has 0 amide bonds. The maximum Gasteiger partial charge on any atom is 0.188 e. The summed E-state index contributed by atoms with van der Waals surface area (Å²) in [6.45, 7) is 6.43. The Kier molecular flexibility index (Phi) is 11.5. The first-order valence-electron chi connectivity index (χ1n) is 6.94. The number of aliphatic imine (C=N–C) groups is 1. The van der Waals surface area contributed by atoms with Crippen LogP contribution in [-0.2, 0) is 4.74 Å². The third-order valence-corrected chi connectivity index (χ3v) is 2.77. The lowest BCUT2D eigenvalue weighted by molar-refractivity contribution is 0.0646. The van der Waals surface area contributed by atoms with Crippen LogP contribution in [0.4, 0.5) is 0 Å². The van der Waals surface area contributed by atoms with Crippen molar-refractivity contribution in [2.75, 3.05) is 19.7 Å². The predicted octanol–water partition coefficient (Wildman–Crippen LogP) is 3.09. The molecule has 0 fully saturated rings. The molecule has 1 aromatic rings. The summed E-state index contributed by atoms with van der Waals surface area (Å²) in [6.07, 6.45) is 2.06. The average Bonchev–Trinajstić information content (AvgIpc) is 2.45. The van der Waals surface area contributed by atoms with Gasteiger partial charge in [0.05, 0.1) is 6.10 Å². The van der Waals surface area contributed by atoms with E-state index in [2.05, 4.69) is 36.3 Å². The quantitative estimate of drug-likeness (QED) is 0.310. The standard InChI is InChI=1S/C15H25N3O.HI/c1-3-10-17-15(16)18-11-7-12-19-13(2)14-8-5-4-6-9-14;/h4-6,8-9,13H,3,7,10-12H2,1-2H3,(H3,16,17,18);1H. The van der Waals surface area contributed by atoms with E-state index in [1.165, 1.54) is 5.56 Å². The molecule has 1 aromatic carbocycles. The highest BCUT2D eigenvalue weighted by atomic mass is 127. The molecule has 0 bridgehead atoms. The number of benzene rings is 1. The van der Waals surface area contributed by atoms with E-state index in [1.54, 1.807) is 0 Å². The lowest BCUT2D eigenvalue weighted by Crippen LogP contribution is -2.33. The zero-order valence-corrected chi connectivity index (χ0v) is 14.7. The molecule has 1 atom stereocenters. The summed E-state index contributed by atoms with van der Waals surface area (Å²) in [5.74, 6) is 0.526. The van der Waals surface area contributed by atoms with Crippen molar-refractivity contribution in [2.45, 2.75) is 32.8 Å². The Bertz CT molecular complexity index is 371. The highest BCUT2D eigenvalue weighted by Gasteiger charge is 2.03. The van der Waals surface area contributed by atoms with Crippen LogP contribution in [0.2, 0.25) is 0 Å². The Balaban J connectivity index is 0.00000361. The van der Waals surface area contributed by atoms with E-state index >= 15 is 0 Å². The second-order valence-corrected chi connectivity index (χ2v) is 4.47. The number of rotatable bonds is 8. The summed E-state index contributed by atoms with van der Waals surface area (Å²) in [5.41, 5.74) is 6.90. The summed E-state index contributed by atoms with van der Waals surface area (Å²) in [5, 5.41) is 3.08. The van der Waals surface area contributed by atoms with Crippen molar-refractivity contribution in [2.24, 2.45) is 10.7 Å². The van der Waals surface area contributed by atoms with Crippen molar-refractivity contribution < 1.29 is 4.74 Å². The van der Waals surface area contributed by atoms with E-state index in [0.29, 0.717) is 12.6 Å². The van der Waals surface area contributed by atoms with Gasteiger partial charge in [0.1, 0.15) is 0 Å². The highest BCUT2D eigenvalue weighted by Crippen LogP contribution is 2.15. The Morgan fingerprint density at radius 3 is 2.70 bits per heavy atom. The van der Waals surface area contributed by atoms with Crippen LogP contribution in [0, 0.1) is 0 Å². The largest absolute Gasteiger partial charge is 0.374 e. The van der Waals surface area contributed by atoms with Crippen LogP contribution >= 0.6 is 24.0 Å². The van der Waals surface area contributed by atoms with E-state index in [-0.39, 0.29) is 30.1 Å². The number of nitrogens with two attached hydrogens (primary N) is 1. The minimum atomic E-state index is 0. The number of hydrogen-bond acceptors (Lipinski definition) is 2. The van der Waals surface area contributed by atoms with Crippen LogP contribution in [0.1, 0.15) is 38.4 Å². The summed E-state index contributed by atoms with van der Waals surface area (Å²) >= 11 is 0. The topological polar surface area (TPSA) is 59.6 Å². The fourth-order valence-electron chi connectivity index (χ4n) is 1.66. The van der Waals surface area contributed by atoms with E-state index in [1.807, 2.05) is 18.2 Å². The van der Waals surface area contributed by atoms with Crippen LogP contribution in [0.15, 0.2) is 35.3 Å². The predicted molar refractivity (Wildman–Crippen MR) is 95.6 cm³/mol. The van der Waals surface area contributed by atoms with E-state index in [4.69, 9.17) is 10.5 Å². The number of nitrogens with one attached hydrogen (secondary N) is 1. The Labute approximate surface area is 139 Å². The molecule has 0 aliphatic carbocycles. The third kappa shape index (κ3) is 8.37. The first kappa shape index (κ1) is 19.2. The average molecular weight is 391 g/mol. The molecule has 0 saturated carbocycles. The molecule has 0 spiro atoms. The Morgan fingerprint density at radius 2 is 2.05 bits per heavy atom. The number of halogens is 1. The molecular formula is C15H26IN3O. The minimum absolute atomic E-state index is 0.